The van der Waals surface area contributed by atoms with Gasteiger partial charge in [-0.25, -0.2) is 9.97 Å². The fraction of sp³-hybridized carbons (Fsp3) is 0.231. The van der Waals surface area contributed by atoms with Gasteiger partial charge in [0, 0.05) is 11.6 Å². The van der Waals surface area contributed by atoms with Gasteiger partial charge >= 0.3 is 6.18 Å². The summed E-state index contributed by atoms with van der Waals surface area (Å²) in [4.78, 5) is 6.99. The Labute approximate surface area is 123 Å². The number of ether oxygens (including phenoxy) is 2. The molecule has 8 heteroatoms. The zero-order valence-corrected chi connectivity index (χ0v) is 11.8. The third-order valence-corrected chi connectivity index (χ3v) is 2.81. The first-order chi connectivity index (χ1) is 9.83. The van der Waals surface area contributed by atoms with Crippen molar-refractivity contribution in [1.29, 1.82) is 0 Å². The molecular weight excluding hydrogens is 309 g/mol. The Kier molecular flexibility index (Phi) is 4.22. The lowest BCUT2D eigenvalue weighted by atomic mass is 10.1. The van der Waals surface area contributed by atoms with E-state index in [9.17, 15) is 13.2 Å². The molecule has 0 saturated carbocycles. The Balaban J connectivity index is 2.58. The van der Waals surface area contributed by atoms with Gasteiger partial charge in [0.15, 0.2) is 0 Å². The Morgan fingerprint density at radius 1 is 0.952 bits per heavy atom. The van der Waals surface area contributed by atoms with Crippen molar-refractivity contribution in [2.24, 2.45) is 0 Å². The van der Waals surface area contributed by atoms with Crippen LogP contribution >= 0.6 is 11.6 Å². The summed E-state index contributed by atoms with van der Waals surface area (Å²) in [5.74, 6) is 0.847. The molecule has 112 valence electrons. The van der Waals surface area contributed by atoms with Gasteiger partial charge in [-0.3, -0.25) is 0 Å². The van der Waals surface area contributed by atoms with Gasteiger partial charge in [0.2, 0.25) is 5.28 Å². The second kappa shape index (κ2) is 5.77. The monoisotopic (exact) mass is 318 g/mol. The standard InChI is InChI=1S/C13H10ClF3N2O2/c1-20-8-3-7(4-9(5-8)21-2)10-6-11(13(15,16)17)19-12(14)18-10/h3-6H,1-2H3. The highest BCUT2D eigenvalue weighted by atomic mass is 35.5. The van der Waals surface area contributed by atoms with Crippen molar-refractivity contribution in [3.8, 4) is 22.8 Å². The summed E-state index contributed by atoms with van der Waals surface area (Å²) < 4.78 is 48.4. The minimum absolute atomic E-state index is 0.0273. The Morgan fingerprint density at radius 3 is 2.00 bits per heavy atom. The molecule has 0 aliphatic carbocycles. The molecule has 4 nitrogen and oxygen atoms in total. The minimum Gasteiger partial charge on any atom is -0.497 e. The van der Waals surface area contributed by atoms with E-state index in [1.165, 1.54) is 26.4 Å². The predicted octanol–water partition coefficient (Wildman–Crippen LogP) is 3.83. The van der Waals surface area contributed by atoms with Crippen LogP contribution in [-0.4, -0.2) is 24.2 Å². The van der Waals surface area contributed by atoms with Crippen molar-refractivity contribution in [3.63, 3.8) is 0 Å². The highest BCUT2D eigenvalue weighted by Crippen LogP contribution is 2.33. The Morgan fingerprint density at radius 2 is 1.52 bits per heavy atom. The first-order valence-corrected chi connectivity index (χ1v) is 6.06. The van der Waals surface area contributed by atoms with Gasteiger partial charge in [-0.05, 0) is 29.8 Å². The maximum atomic E-state index is 12.8. The van der Waals surface area contributed by atoms with E-state index >= 15 is 0 Å². The summed E-state index contributed by atoms with van der Waals surface area (Å²) in [6.07, 6.45) is -4.61. The van der Waals surface area contributed by atoms with Gasteiger partial charge in [-0.1, -0.05) is 0 Å². The number of aromatic nitrogens is 2. The SMILES string of the molecule is COc1cc(OC)cc(-c2cc(C(F)(F)F)nc(Cl)n2)c1. The van der Waals surface area contributed by atoms with Crippen molar-refractivity contribution in [2.75, 3.05) is 14.2 Å². The van der Waals surface area contributed by atoms with E-state index < -0.39 is 17.2 Å². The van der Waals surface area contributed by atoms with Crippen molar-refractivity contribution in [1.82, 2.24) is 9.97 Å². The highest BCUT2D eigenvalue weighted by Gasteiger charge is 2.33. The van der Waals surface area contributed by atoms with Crippen molar-refractivity contribution >= 4 is 11.6 Å². The fourth-order valence-electron chi connectivity index (χ4n) is 1.67. The Bertz CT molecular complexity index is 640. The maximum Gasteiger partial charge on any atom is 0.433 e. The summed E-state index contributed by atoms with van der Waals surface area (Å²) in [5.41, 5.74) is -0.709. The lowest BCUT2D eigenvalue weighted by Crippen LogP contribution is -2.09. The van der Waals surface area contributed by atoms with Crippen molar-refractivity contribution in [3.05, 3.63) is 35.2 Å². The van der Waals surface area contributed by atoms with Crippen molar-refractivity contribution < 1.29 is 22.6 Å². The molecule has 0 N–H and O–H groups in total. The average Bonchev–Trinajstić information content (AvgIpc) is 2.45. The van der Waals surface area contributed by atoms with Crippen LogP contribution in [0.5, 0.6) is 11.5 Å². The molecule has 0 radical (unpaired) electrons. The smallest absolute Gasteiger partial charge is 0.433 e. The molecule has 0 saturated heterocycles. The fourth-order valence-corrected chi connectivity index (χ4v) is 1.85. The molecule has 1 aromatic heterocycles. The largest absolute Gasteiger partial charge is 0.497 e. The molecule has 0 aliphatic heterocycles. The van der Waals surface area contributed by atoms with E-state index in [1.54, 1.807) is 6.07 Å². The minimum atomic E-state index is -4.61. The molecule has 21 heavy (non-hydrogen) atoms. The van der Waals surface area contributed by atoms with Gasteiger partial charge < -0.3 is 9.47 Å². The summed E-state index contributed by atoms with van der Waals surface area (Å²) in [6.45, 7) is 0. The number of alkyl halides is 3. The van der Waals surface area contributed by atoms with Crippen LogP contribution in [0.15, 0.2) is 24.3 Å². The van der Waals surface area contributed by atoms with Crippen LogP contribution in [0.1, 0.15) is 5.69 Å². The van der Waals surface area contributed by atoms with Crippen LogP contribution in [0, 0.1) is 0 Å². The molecular formula is C13H10ClF3N2O2. The lowest BCUT2D eigenvalue weighted by Gasteiger charge is -2.10. The van der Waals surface area contributed by atoms with Gasteiger partial charge in [-0.2, -0.15) is 13.2 Å². The molecule has 0 atom stereocenters. The van der Waals surface area contributed by atoms with E-state index in [1.807, 2.05) is 0 Å². The third-order valence-electron chi connectivity index (χ3n) is 2.64. The van der Waals surface area contributed by atoms with E-state index in [4.69, 9.17) is 21.1 Å². The predicted molar refractivity (Wildman–Crippen MR) is 70.6 cm³/mol. The van der Waals surface area contributed by atoms with Crippen LogP contribution < -0.4 is 9.47 Å². The molecule has 2 aromatic rings. The van der Waals surface area contributed by atoms with Gasteiger partial charge in [0.25, 0.3) is 0 Å². The summed E-state index contributed by atoms with van der Waals surface area (Å²) in [6, 6.07) is 5.47. The van der Waals surface area contributed by atoms with E-state index in [-0.39, 0.29) is 5.69 Å². The van der Waals surface area contributed by atoms with Gasteiger partial charge in [0.05, 0.1) is 19.9 Å². The molecule has 0 unspecified atom stereocenters. The molecule has 1 aromatic carbocycles. The zero-order chi connectivity index (χ0) is 15.6. The number of hydrogen-bond donors (Lipinski definition) is 0. The van der Waals surface area contributed by atoms with Crippen LogP contribution in [0.3, 0.4) is 0 Å². The topological polar surface area (TPSA) is 44.2 Å². The molecule has 0 spiro atoms. The average molecular weight is 319 g/mol. The molecule has 1 heterocycles. The zero-order valence-electron chi connectivity index (χ0n) is 11.0. The molecule has 0 fully saturated rings. The number of hydrogen-bond acceptors (Lipinski definition) is 4. The Hall–Kier alpha value is -2.02. The van der Waals surface area contributed by atoms with Crippen LogP contribution in [-0.2, 0) is 6.18 Å². The molecule has 0 bridgehead atoms. The molecule has 2 rings (SSSR count). The van der Waals surface area contributed by atoms with Gasteiger partial charge in [0.1, 0.15) is 17.2 Å². The number of methoxy groups -OCH3 is 2. The molecule has 0 aliphatic rings. The van der Waals surface area contributed by atoms with E-state index in [0.29, 0.717) is 17.1 Å². The van der Waals surface area contributed by atoms with E-state index in [0.717, 1.165) is 6.07 Å². The highest BCUT2D eigenvalue weighted by molar-refractivity contribution is 6.28. The van der Waals surface area contributed by atoms with Gasteiger partial charge in [-0.15, -0.1) is 0 Å². The number of halogens is 4. The third kappa shape index (κ3) is 3.55. The first-order valence-electron chi connectivity index (χ1n) is 5.68. The quantitative estimate of drug-likeness (QED) is 0.807. The van der Waals surface area contributed by atoms with E-state index in [2.05, 4.69) is 9.97 Å². The summed E-state index contributed by atoms with van der Waals surface area (Å²) in [7, 11) is 2.87. The summed E-state index contributed by atoms with van der Waals surface area (Å²) in [5, 5.41) is -0.485. The number of benzene rings is 1. The van der Waals surface area contributed by atoms with Crippen LogP contribution in [0.25, 0.3) is 11.3 Å². The second-order valence-electron chi connectivity index (χ2n) is 4.01. The summed E-state index contributed by atoms with van der Waals surface area (Å²) >= 11 is 5.57. The second-order valence-corrected chi connectivity index (χ2v) is 4.34. The maximum absolute atomic E-state index is 12.8. The van der Waals surface area contributed by atoms with Crippen LogP contribution in [0.4, 0.5) is 13.2 Å². The number of rotatable bonds is 3. The van der Waals surface area contributed by atoms with Crippen LogP contribution in [0.2, 0.25) is 5.28 Å². The number of nitrogens with zero attached hydrogens (tertiary/aromatic N) is 2. The van der Waals surface area contributed by atoms with Crippen molar-refractivity contribution in [2.45, 2.75) is 6.18 Å². The first kappa shape index (κ1) is 15.4. The lowest BCUT2D eigenvalue weighted by molar-refractivity contribution is -0.141. The normalized spacial score (nSPS) is 11.3. The molecule has 0 amide bonds.